The number of rotatable bonds is 8. The Balaban J connectivity index is 1.84. The van der Waals surface area contributed by atoms with Gasteiger partial charge in [-0.2, -0.15) is 0 Å². The number of carbonyl (C=O) groups excluding carboxylic acids is 2. The highest BCUT2D eigenvalue weighted by atomic mass is 32.2. The van der Waals surface area contributed by atoms with Crippen LogP contribution in [-0.2, 0) is 9.53 Å². The SMILES string of the molecule is CCOc1ccc(-n2c(C)cc(/C=C3/SC(=O)N(CCCOC)C3=O)c2C)cc1. The van der Waals surface area contributed by atoms with Crippen molar-refractivity contribution < 1.29 is 19.1 Å². The average Bonchev–Trinajstić information content (AvgIpc) is 3.12. The van der Waals surface area contributed by atoms with Crippen molar-refractivity contribution in [2.45, 2.75) is 27.2 Å². The molecular weight excluding hydrogens is 388 g/mol. The van der Waals surface area contributed by atoms with Crippen molar-refractivity contribution in [3.8, 4) is 11.4 Å². The van der Waals surface area contributed by atoms with Gasteiger partial charge in [-0.3, -0.25) is 14.5 Å². The van der Waals surface area contributed by atoms with E-state index in [0.29, 0.717) is 31.1 Å². The van der Waals surface area contributed by atoms with Crippen LogP contribution in [-0.4, -0.2) is 47.5 Å². The summed E-state index contributed by atoms with van der Waals surface area (Å²) in [5, 5.41) is -0.224. The standard InChI is InChI=1S/C22H26N2O4S/c1-5-28-19-9-7-18(8-10-19)24-15(2)13-17(16(24)3)14-20-21(25)23(22(26)29-20)11-6-12-27-4/h7-10,13-14H,5-6,11-12H2,1-4H3/b20-14+. The van der Waals surface area contributed by atoms with Crippen LogP contribution in [0.3, 0.4) is 0 Å². The van der Waals surface area contributed by atoms with E-state index in [1.165, 1.54) is 4.90 Å². The molecule has 1 fully saturated rings. The Morgan fingerprint density at radius 3 is 2.52 bits per heavy atom. The lowest BCUT2D eigenvalue weighted by Crippen LogP contribution is -2.29. The number of imide groups is 1. The van der Waals surface area contributed by atoms with Crippen LogP contribution in [0.5, 0.6) is 5.75 Å². The van der Waals surface area contributed by atoms with Gasteiger partial charge in [0.2, 0.25) is 0 Å². The Hall–Kier alpha value is -2.51. The molecule has 0 aliphatic carbocycles. The van der Waals surface area contributed by atoms with Gasteiger partial charge in [0, 0.05) is 37.3 Å². The van der Waals surface area contributed by atoms with Gasteiger partial charge in [0.1, 0.15) is 5.75 Å². The second kappa shape index (κ2) is 9.33. The number of carbonyl (C=O) groups is 2. The number of thioether (sulfide) groups is 1. The maximum atomic E-state index is 12.6. The Kier molecular flexibility index (Phi) is 6.82. The highest BCUT2D eigenvalue weighted by molar-refractivity contribution is 8.18. The first-order valence-electron chi connectivity index (χ1n) is 9.62. The van der Waals surface area contributed by atoms with Crippen LogP contribution in [0.15, 0.2) is 35.2 Å². The van der Waals surface area contributed by atoms with E-state index in [0.717, 1.165) is 40.2 Å². The molecule has 29 heavy (non-hydrogen) atoms. The van der Waals surface area contributed by atoms with Crippen LogP contribution in [0.2, 0.25) is 0 Å². The van der Waals surface area contributed by atoms with Crippen LogP contribution in [0, 0.1) is 13.8 Å². The smallest absolute Gasteiger partial charge is 0.293 e. The van der Waals surface area contributed by atoms with Gasteiger partial charge in [-0.15, -0.1) is 0 Å². The van der Waals surface area contributed by atoms with Crippen LogP contribution >= 0.6 is 11.8 Å². The van der Waals surface area contributed by atoms with Crippen LogP contribution in [0.1, 0.15) is 30.3 Å². The third-order valence-corrected chi connectivity index (χ3v) is 5.67. The predicted octanol–water partition coefficient (Wildman–Crippen LogP) is 4.57. The lowest BCUT2D eigenvalue weighted by molar-refractivity contribution is -0.122. The largest absolute Gasteiger partial charge is 0.494 e. The third-order valence-electron chi connectivity index (χ3n) is 4.77. The van der Waals surface area contributed by atoms with E-state index in [-0.39, 0.29) is 11.1 Å². The summed E-state index contributed by atoms with van der Waals surface area (Å²) >= 11 is 0.994. The Bertz CT molecular complexity index is 931. The van der Waals surface area contributed by atoms with E-state index in [1.807, 2.05) is 57.2 Å². The molecule has 1 aliphatic rings. The summed E-state index contributed by atoms with van der Waals surface area (Å²) in [7, 11) is 1.61. The van der Waals surface area contributed by atoms with Crippen molar-refractivity contribution in [2.24, 2.45) is 0 Å². The molecule has 2 amide bonds. The fraction of sp³-hybridized carbons (Fsp3) is 0.364. The first kappa shape index (κ1) is 21.2. The second-order valence-electron chi connectivity index (χ2n) is 6.77. The molecule has 2 heterocycles. The molecule has 0 unspecified atom stereocenters. The van der Waals surface area contributed by atoms with Crippen molar-refractivity contribution in [1.82, 2.24) is 9.47 Å². The fourth-order valence-corrected chi connectivity index (χ4v) is 4.25. The molecule has 2 aromatic rings. The molecule has 1 aliphatic heterocycles. The molecule has 0 spiro atoms. The zero-order valence-electron chi connectivity index (χ0n) is 17.2. The molecule has 0 atom stereocenters. The van der Waals surface area contributed by atoms with E-state index in [1.54, 1.807) is 7.11 Å². The Morgan fingerprint density at radius 1 is 1.14 bits per heavy atom. The highest BCUT2D eigenvalue weighted by Crippen LogP contribution is 2.34. The molecule has 1 saturated heterocycles. The van der Waals surface area contributed by atoms with Gasteiger partial charge in [0.15, 0.2) is 0 Å². The molecule has 0 radical (unpaired) electrons. The first-order valence-corrected chi connectivity index (χ1v) is 10.4. The number of aromatic nitrogens is 1. The van der Waals surface area contributed by atoms with Crippen molar-refractivity contribution in [3.05, 3.63) is 52.2 Å². The van der Waals surface area contributed by atoms with Gasteiger partial charge >= 0.3 is 0 Å². The summed E-state index contributed by atoms with van der Waals surface area (Å²) in [5.41, 5.74) is 4.02. The summed E-state index contributed by atoms with van der Waals surface area (Å²) in [6, 6.07) is 9.95. The van der Waals surface area contributed by atoms with Crippen molar-refractivity contribution in [1.29, 1.82) is 0 Å². The molecule has 1 aromatic heterocycles. The molecule has 154 valence electrons. The second-order valence-corrected chi connectivity index (χ2v) is 7.76. The van der Waals surface area contributed by atoms with Gasteiger partial charge in [-0.25, -0.2) is 0 Å². The predicted molar refractivity (Wildman–Crippen MR) is 116 cm³/mol. The highest BCUT2D eigenvalue weighted by Gasteiger charge is 2.34. The number of hydrogen-bond donors (Lipinski definition) is 0. The lowest BCUT2D eigenvalue weighted by Gasteiger charge is -2.11. The van der Waals surface area contributed by atoms with Crippen molar-refractivity contribution in [2.75, 3.05) is 26.9 Å². The number of hydrogen-bond acceptors (Lipinski definition) is 5. The van der Waals surface area contributed by atoms with Crippen LogP contribution in [0.25, 0.3) is 11.8 Å². The Labute approximate surface area is 175 Å². The summed E-state index contributed by atoms with van der Waals surface area (Å²) < 4.78 is 12.7. The van der Waals surface area contributed by atoms with Gasteiger partial charge in [-0.1, -0.05) is 0 Å². The van der Waals surface area contributed by atoms with Crippen LogP contribution in [0.4, 0.5) is 4.79 Å². The molecule has 6 nitrogen and oxygen atoms in total. The van der Waals surface area contributed by atoms with E-state index < -0.39 is 0 Å². The topological polar surface area (TPSA) is 60.8 Å². The minimum Gasteiger partial charge on any atom is -0.494 e. The number of nitrogens with zero attached hydrogens (tertiary/aromatic N) is 2. The summed E-state index contributed by atoms with van der Waals surface area (Å²) in [5.74, 6) is 0.600. The monoisotopic (exact) mass is 414 g/mol. The first-order chi connectivity index (χ1) is 14.0. The van der Waals surface area contributed by atoms with Crippen molar-refractivity contribution >= 4 is 29.0 Å². The van der Waals surface area contributed by atoms with Crippen molar-refractivity contribution in [3.63, 3.8) is 0 Å². The van der Waals surface area contributed by atoms with E-state index in [4.69, 9.17) is 9.47 Å². The number of methoxy groups -OCH3 is 1. The molecule has 1 aromatic carbocycles. The zero-order valence-corrected chi connectivity index (χ0v) is 18.0. The summed E-state index contributed by atoms with van der Waals surface area (Å²) in [6.45, 7) is 7.52. The molecule has 0 bridgehead atoms. The van der Waals surface area contributed by atoms with E-state index in [9.17, 15) is 9.59 Å². The van der Waals surface area contributed by atoms with Gasteiger partial charge in [-0.05, 0) is 80.9 Å². The molecule has 0 saturated carbocycles. The van der Waals surface area contributed by atoms with Crippen LogP contribution < -0.4 is 4.74 Å². The molecule has 3 rings (SSSR count). The number of aryl methyl sites for hydroxylation is 1. The third kappa shape index (κ3) is 4.57. The van der Waals surface area contributed by atoms with Gasteiger partial charge < -0.3 is 14.0 Å². The number of ether oxygens (including phenoxy) is 2. The minimum atomic E-state index is -0.234. The number of benzene rings is 1. The normalized spacial score (nSPS) is 15.6. The minimum absolute atomic E-state index is 0.224. The lowest BCUT2D eigenvalue weighted by atomic mass is 10.2. The Morgan fingerprint density at radius 2 is 1.86 bits per heavy atom. The quantitative estimate of drug-likeness (QED) is 0.468. The maximum absolute atomic E-state index is 12.6. The number of amides is 2. The zero-order chi connectivity index (χ0) is 21.0. The average molecular weight is 415 g/mol. The van der Waals surface area contributed by atoms with Gasteiger partial charge in [0.05, 0.1) is 11.5 Å². The molecular formula is C22H26N2O4S. The van der Waals surface area contributed by atoms with Gasteiger partial charge in [0.25, 0.3) is 11.1 Å². The fourth-order valence-electron chi connectivity index (χ4n) is 3.39. The summed E-state index contributed by atoms with van der Waals surface area (Å²) in [6.07, 6.45) is 2.45. The van der Waals surface area contributed by atoms with E-state index >= 15 is 0 Å². The maximum Gasteiger partial charge on any atom is 0.293 e. The molecule has 7 heteroatoms. The van der Waals surface area contributed by atoms with E-state index in [2.05, 4.69) is 4.57 Å². The summed E-state index contributed by atoms with van der Waals surface area (Å²) in [4.78, 5) is 26.6. The molecule has 0 N–H and O–H groups in total.